The Morgan fingerprint density at radius 3 is 2.33 bits per heavy atom. The molecular formula is C8H9FNO6PS. The smallest absolute Gasteiger partial charge is 0.333 e. The lowest BCUT2D eigenvalue weighted by molar-refractivity contribution is -0.197. The van der Waals surface area contributed by atoms with Crippen molar-refractivity contribution < 1.29 is 32.4 Å². The molecule has 0 aromatic heterocycles. The highest BCUT2D eigenvalue weighted by atomic mass is 32.7. The number of hydrogen-bond acceptors (Lipinski definition) is 7. The van der Waals surface area contributed by atoms with Gasteiger partial charge in [-0.1, -0.05) is 0 Å². The summed E-state index contributed by atoms with van der Waals surface area (Å²) in [5, 5.41) is 0.394. The van der Waals surface area contributed by atoms with E-state index in [1.807, 2.05) is 0 Å². The molecule has 0 bridgehead atoms. The number of halogens is 1. The highest BCUT2D eigenvalue weighted by molar-refractivity contribution is 8.45. The van der Waals surface area contributed by atoms with Crippen LogP contribution in [0.2, 0.25) is 0 Å². The third kappa shape index (κ3) is 4.58. The van der Waals surface area contributed by atoms with Crippen LogP contribution in [0.15, 0.2) is 0 Å². The summed E-state index contributed by atoms with van der Waals surface area (Å²) in [5.41, 5.74) is 0. The van der Waals surface area contributed by atoms with Crippen LogP contribution >= 0.6 is 19.8 Å². The van der Waals surface area contributed by atoms with E-state index in [4.69, 9.17) is 0 Å². The summed E-state index contributed by atoms with van der Waals surface area (Å²) in [6.07, 6.45) is -0.664. The Kier molecular flexibility index (Phi) is 6.00. The topological polar surface area (TPSA) is 90.0 Å². The zero-order valence-electron chi connectivity index (χ0n) is 9.01. The summed E-state index contributed by atoms with van der Waals surface area (Å²) < 4.78 is 16.0. The third-order valence-electron chi connectivity index (χ3n) is 1.90. The van der Waals surface area contributed by atoms with Gasteiger partial charge in [-0.15, -0.1) is 5.06 Å². The number of carbonyl (C=O) groups excluding carboxylic acids is 4. The van der Waals surface area contributed by atoms with Gasteiger partial charge < -0.3 is 9.02 Å². The van der Waals surface area contributed by atoms with Crippen LogP contribution in [-0.2, 0) is 28.2 Å². The van der Waals surface area contributed by atoms with E-state index in [1.165, 1.54) is 0 Å². The lowest BCUT2D eigenvalue weighted by atomic mass is 10.3. The predicted octanol–water partition coefficient (Wildman–Crippen LogP) is 1.04. The summed E-state index contributed by atoms with van der Waals surface area (Å²) in [6.45, 7) is 0. The van der Waals surface area contributed by atoms with Crippen molar-refractivity contribution in [3.63, 3.8) is 0 Å². The maximum Gasteiger partial charge on any atom is 0.333 e. The van der Waals surface area contributed by atoms with E-state index < -0.39 is 31.8 Å². The molecule has 100 valence electrons. The zero-order chi connectivity index (χ0) is 13.5. The Morgan fingerprint density at radius 2 is 1.78 bits per heavy atom. The van der Waals surface area contributed by atoms with Crippen molar-refractivity contribution in [2.24, 2.45) is 0 Å². The molecule has 0 N–H and O–H groups in total. The molecule has 0 aromatic carbocycles. The molecule has 1 aliphatic rings. The molecule has 1 rings (SSSR count). The normalized spacial score (nSPS) is 15.5. The zero-order valence-corrected chi connectivity index (χ0v) is 10.8. The molecule has 1 heterocycles. The highest BCUT2D eigenvalue weighted by Crippen LogP contribution is 2.31. The molecule has 0 aliphatic carbocycles. The first kappa shape index (κ1) is 14.8. The van der Waals surface area contributed by atoms with Crippen LogP contribution in [0.25, 0.3) is 0 Å². The van der Waals surface area contributed by atoms with Crippen LogP contribution in [0.3, 0.4) is 0 Å². The van der Waals surface area contributed by atoms with Crippen molar-refractivity contribution in [1.82, 2.24) is 5.06 Å². The quantitative estimate of drug-likeness (QED) is 0.411. The van der Waals surface area contributed by atoms with Gasteiger partial charge in [0.2, 0.25) is 0 Å². The number of amides is 2. The summed E-state index contributed by atoms with van der Waals surface area (Å²) in [4.78, 5) is 48.8. The fraction of sp³-hybridized carbons (Fsp3) is 0.500. The molecule has 1 saturated heterocycles. The molecule has 10 heteroatoms. The Balaban J connectivity index is 2.27. The van der Waals surface area contributed by atoms with Crippen molar-refractivity contribution >= 4 is 43.5 Å². The minimum absolute atomic E-state index is 0.00220. The molecule has 0 radical (unpaired) electrons. The number of nitrogens with zero attached hydrogens (tertiary/aromatic N) is 1. The van der Waals surface area contributed by atoms with E-state index in [1.54, 1.807) is 0 Å². The average molecular weight is 297 g/mol. The molecular weight excluding hydrogens is 288 g/mol. The van der Waals surface area contributed by atoms with Crippen LogP contribution in [0.1, 0.15) is 25.7 Å². The van der Waals surface area contributed by atoms with Crippen molar-refractivity contribution in [2.75, 3.05) is 0 Å². The van der Waals surface area contributed by atoms with Crippen LogP contribution < -0.4 is 0 Å². The molecule has 2 amide bonds. The van der Waals surface area contributed by atoms with Crippen LogP contribution in [0.4, 0.5) is 4.20 Å². The lowest BCUT2D eigenvalue weighted by Gasteiger charge is -2.11. The molecule has 0 saturated carbocycles. The van der Waals surface area contributed by atoms with E-state index in [2.05, 4.69) is 9.02 Å². The Morgan fingerprint density at radius 1 is 1.22 bits per heavy atom. The Hall–Kier alpha value is -1.21. The number of hydrogen-bond donors (Lipinski definition) is 0. The fourth-order valence-electron chi connectivity index (χ4n) is 1.11. The molecule has 1 fully saturated rings. The molecule has 7 nitrogen and oxygen atoms in total. The monoisotopic (exact) mass is 297 g/mol. The largest absolute Gasteiger partial charge is 0.384 e. The van der Waals surface area contributed by atoms with Gasteiger partial charge in [0, 0.05) is 12.8 Å². The molecule has 18 heavy (non-hydrogen) atoms. The first-order chi connectivity index (χ1) is 8.54. The van der Waals surface area contributed by atoms with Gasteiger partial charge in [-0.05, 0) is 0 Å². The van der Waals surface area contributed by atoms with Crippen molar-refractivity contribution in [2.45, 2.75) is 25.7 Å². The fourth-order valence-corrected chi connectivity index (χ4v) is 1.69. The number of imide groups is 1. The Bertz CT molecular complexity index is 363. The maximum atomic E-state index is 11.6. The van der Waals surface area contributed by atoms with Gasteiger partial charge in [-0.3, -0.25) is 14.4 Å². The Labute approximate surface area is 107 Å². The van der Waals surface area contributed by atoms with Gasteiger partial charge >= 0.3 is 11.9 Å². The van der Waals surface area contributed by atoms with Gasteiger partial charge in [0.25, 0.3) is 11.8 Å². The molecule has 1 unspecified atom stereocenters. The van der Waals surface area contributed by atoms with Gasteiger partial charge in [0.05, 0.1) is 12.8 Å². The van der Waals surface area contributed by atoms with Crippen molar-refractivity contribution in [3.05, 3.63) is 0 Å². The predicted molar refractivity (Wildman–Crippen MR) is 59.5 cm³/mol. The second-order valence-corrected chi connectivity index (χ2v) is 4.61. The van der Waals surface area contributed by atoms with Gasteiger partial charge in [-0.25, -0.2) is 8.99 Å². The summed E-state index contributed by atoms with van der Waals surface area (Å²) in [5.74, 6) is -2.86. The van der Waals surface area contributed by atoms with E-state index >= 15 is 0 Å². The number of carbonyl (C=O) groups is 4. The third-order valence-corrected chi connectivity index (χ3v) is 2.67. The summed E-state index contributed by atoms with van der Waals surface area (Å²) in [7, 11) is -1.09. The molecule has 0 aromatic rings. The van der Waals surface area contributed by atoms with Crippen LogP contribution in [-0.4, -0.2) is 28.8 Å². The first-order valence-electron chi connectivity index (χ1n) is 4.83. The minimum Gasteiger partial charge on any atom is -0.384 e. The van der Waals surface area contributed by atoms with Gasteiger partial charge in [0.15, 0.2) is 8.09 Å². The summed E-state index contributed by atoms with van der Waals surface area (Å²) in [6, 6.07) is 0. The molecule has 1 aliphatic heterocycles. The van der Waals surface area contributed by atoms with E-state index in [-0.39, 0.29) is 25.7 Å². The molecule has 0 spiro atoms. The van der Waals surface area contributed by atoms with Gasteiger partial charge in [-0.2, -0.15) is 0 Å². The number of hydroxylamine groups is 2. The van der Waals surface area contributed by atoms with Crippen LogP contribution in [0.5, 0.6) is 0 Å². The first-order valence-corrected chi connectivity index (χ1v) is 7.17. The number of rotatable bonds is 6. The standard InChI is InChI=1S/C8H9FNO6PS/c9-17-18-16-8(14)4-3-7(13)15-10-5(11)1-2-6(10)12/h17H,1-4H2. The van der Waals surface area contributed by atoms with E-state index in [0.717, 1.165) is 0 Å². The maximum absolute atomic E-state index is 11.6. The summed E-state index contributed by atoms with van der Waals surface area (Å²) >= 11 is 0.342. The minimum atomic E-state index is -1.09. The van der Waals surface area contributed by atoms with E-state index in [0.29, 0.717) is 16.7 Å². The molecule has 1 atom stereocenters. The van der Waals surface area contributed by atoms with E-state index in [9.17, 15) is 23.4 Å². The lowest BCUT2D eigenvalue weighted by Crippen LogP contribution is -2.32. The van der Waals surface area contributed by atoms with Crippen LogP contribution in [0, 0.1) is 0 Å². The SMILES string of the molecule is O=C(CCC(=O)ON1C(=O)CCC1=O)OSPF. The van der Waals surface area contributed by atoms with Gasteiger partial charge in [0.1, 0.15) is 11.7 Å². The second kappa shape index (κ2) is 7.27. The van der Waals surface area contributed by atoms with Crippen molar-refractivity contribution in [1.29, 1.82) is 0 Å². The second-order valence-electron chi connectivity index (χ2n) is 3.16. The average Bonchev–Trinajstić information content (AvgIpc) is 2.65. The van der Waals surface area contributed by atoms with Crippen molar-refractivity contribution in [3.8, 4) is 0 Å². The highest BCUT2D eigenvalue weighted by Gasteiger charge is 2.32.